The SMILES string of the molecule is COc1cc(OC)c(/C(O)=C2\C(=O)C(=O)N(Cc3ccncc3)C2c2cccc(OCC(C)C)c2)cc1Cl. The lowest BCUT2D eigenvalue weighted by atomic mass is 9.94. The molecule has 0 bridgehead atoms. The Kier molecular flexibility index (Phi) is 8.22. The molecule has 4 rings (SSSR count). The minimum atomic E-state index is -0.892. The normalized spacial score (nSPS) is 16.7. The summed E-state index contributed by atoms with van der Waals surface area (Å²) in [6, 6.07) is 12.8. The van der Waals surface area contributed by atoms with Crippen LogP contribution in [0, 0.1) is 5.92 Å². The molecule has 1 unspecified atom stereocenters. The molecule has 1 saturated heterocycles. The van der Waals surface area contributed by atoms with Crippen LogP contribution in [0.2, 0.25) is 5.02 Å². The van der Waals surface area contributed by atoms with E-state index in [1.165, 1.54) is 31.3 Å². The molecule has 0 radical (unpaired) electrons. The number of nitrogens with zero attached hydrogens (tertiary/aromatic N) is 2. The van der Waals surface area contributed by atoms with Gasteiger partial charge in [0.15, 0.2) is 0 Å². The first-order valence-electron chi connectivity index (χ1n) is 12.1. The van der Waals surface area contributed by atoms with Crippen LogP contribution in [0.25, 0.3) is 5.76 Å². The van der Waals surface area contributed by atoms with Gasteiger partial charge in [-0.1, -0.05) is 37.6 Å². The molecule has 2 heterocycles. The summed E-state index contributed by atoms with van der Waals surface area (Å²) in [5.74, 6) is -0.481. The van der Waals surface area contributed by atoms with Gasteiger partial charge in [0.25, 0.3) is 11.7 Å². The van der Waals surface area contributed by atoms with E-state index in [4.69, 9.17) is 25.8 Å². The van der Waals surface area contributed by atoms with Gasteiger partial charge in [0.05, 0.1) is 43.0 Å². The highest BCUT2D eigenvalue weighted by Gasteiger charge is 2.46. The molecular weight excluding hydrogens is 508 g/mol. The number of carbonyl (C=O) groups is 2. The number of methoxy groups -OCH3 is 2. The number of aliphatic hydroxyl groups is 1. The highest BCUT2D eigenvalue weighted by molar-refractivity contribution is 6.46. The number of pyridine rings is 1. The molecule has 0 aliphatic carbocycles. The summed E-state index contributed by atoms with van der Waals surface area (Å²) in [5, 5.41) is 11.7. The average Bonchev–Trinajstić information content (AvgIpc) is 3.17. The molecule has 1 aliphatic rings. The van der Waals surface area contributed by atoms with Crippen LogP contribution in [0.4, 0.5) is 0 Å². The molecule has 38 heavy (non-hydrogen) atoms. The lowest BCUT2D eigenvalue weighted by Crippen LogP contribution is -2.29. The number of hydrogen-bond donors (Lipinski definition) is 1. The molecule has 2 aromatic carbocycles. The summed E-state index contributed by atoms with van der Waals surface area (Å²) in [5.41, 5.74) is 1.48. The monoisotopic (exact) mass is 536 g/mol. The number of ether oxygens (including phenoxy) is 3. The third-order valence-electron chi connectivity index (χ3n) is 6.13. The maximum Gasteiger partial charge on any atom is 0.295 e. The second-order valence-corrected chi connectivity index (χ2v) is 9.65. The second kappa shape index (κ2) is 11.6. The van der Waals surface area contributed by atoms with E-state index in [1.54, 1.807) is 42.7 Å². The average molecular weight is 537 g/mol. The molecular formula is C29H29ClN2O6. The summed E-state index contributed by atoms with van der Waals surface area (Å²) < 4.78 is 16.6. The van der Waals surface area contributed by atoms with Gasteiger partial charge in [-0.05, 0) is 47.4 Å². The van der Waals surface area contributed by atoms with Gasteiger partial charge in [0.2, 0.25) is 0 Å². The van der Waals surface area contributed by atoms with Crippen molar-refractivity contribution in [1.29, 1.82) is 0 Å². The first-order chi connectivity index (χ1) is 18.2. The van der Waals surface area contributed by atoms with Gasteiger partial charge in [-0.15, -0.1) is 0 Å². The highest BCUT2D eigenvalue weighted by atomic mass is 35.5. The fraction of sp³-hybridized carbons (Fsp3) is 0.276. The molecule has 1 aliphatic heterocycles. The molecule has 1 atom stereocenters. The van der Waals surface area contributed by atoms with E-state index in [-0.39, 0.29) is 28.5 Å². The van der Waals surface area contributed by atoms with Gasteiger partial charge in [0.1, 0.15) is 23.0 Å². The van der Waals surface area contributed by atoms with Crippen LogP contribution >= 0.6 is 11.6 Å². The number of halogens is 1. The molecule has 1 amide bonds. The van der Waals surface area contributed by atoms with Crippen LogP contribution in [-0.4, -0.2) is 47.5 Å². The second-order valence-electron chi connectivity index (χ2n) is 9.25. The molecule has 1 aromatic heterocycles. The van der Waals surface area contributed by atoms with Crippen molar-refractivity contribution in [1.82, 2.24) is 9.88 Å². The first-order valence-corrected chi connectivity index (χ1v) is 12.4. The third-order valence-corrected chi connectivity index (χ3v) is 6.42. The van der Waals surface area contributed by atoms with Crippen molar-refractivity contribution in [2.24, 2.45) is 5.92 Å². The Morgan fingerprint density at radius 2 is 1.76 bits per heavy atom. The maximum absolute atomic E-state index is 13.5. The fourth-order valence-electron chi connectivity index (χ4n) is 4.30. The first kappa shape index (κ1) is 27.0. The highest BCUT2D eigenvalue weighted by Crippen LogP contribution is 2.44. The summed E-state index contributed by atoms with van der Waals surface area (Å²) in [6.07, 6.45) is 3.23. The van der Waals surface area contributed by atoms with Crippen LogP contribution in [0.15, 0.2) is 66.5 Å². The lowest BCUT2D eigenvalue weighted by molar-refractivity contribution is -0.140. The summed E-state index contributed by atoms with van der Waals surface area (Å²) in [7, 11) is 2.88. The van der Waals surface area contributed by atoms with Gasteiger partial charge in [-0.2, -0.15) is 0 Å². The number of rotatable bonds is 9. The molecule has 3 aromatic rings. The quantitative estimate of drug-likeness (QED) is 0.222. The van der Waals surface area contributed by atoms with Crippen LogP contribution in [0.3, 0.4) is 0 Å². The lowest BCUT2D eigenvalue weighted by Gasteiger charge is -2.26. The number of aliphatic hydroxyl groups excluding tert-OH is 1. The summed E-state index contributed by atoms with van der Waals surface area (Å²) in [4.78, 5) is 32.3. The summed E-state index contributed by atoms with van der Waals surface area (Å²) in [6.45, 7) is 4.72. The predicted octanol–water partition coefficient (Wildman–Crippen LogP) is 5.41. The Morgan fingerprint density at radius 3 is 2.42 bits per heavy atom. The van der Waals surface area contributed by atoms with Crippen molar-refractivity contribution in [3.8, 4) is 17.2 Å². The Labute approximate surface area is 226 Å². The van der Waals surface area contributed by atoms with Crippen molar-refractivity contribution in [2.75, 3.05) is 20.8 Å². The van der Waals surface area contributed by atoms with E-state index in [1.807, 2.05) is 19.9 Å². The number of carbonyl (C=O) groups excluding carboxylic acids is 2. The van der Waals surface area contributed by atoms with Crippen molar-refractivity contribution < 1.29 is 28.9 Å². The largest absolute Gasteiger partial charge is 0.507 e. The van der Waals surface area contributed by atoms with Gasteiger partial charge >= 0.3 is 0 Å². The number of Topliss-reactive ketones (excluding diaryl/α,β-unsaturated/α-hetero) is 1. The zero-order valence-electron chi connectivity index (χ0n) is 21.6. The van der Waals surface area contributed by atoms with Crippen molar-refractivity contribution in [3.05, 3.63) is 88.2 Å². The van der Waals surface area contributed by atoms with Gasteiger partial charge in [-0.3, -0.25) is 14.6 Å². The van der Waals surface area contributed by atoms with Crippen LogP contribution in [0.1, 0.15) is 36.6 Å². The van der Waals surface area contributed by atoms with E-state index in [2.05, 4.69) is 4.98 Å². The van der Waals surface area contributed by atoms with Crippen molar-refractivity contribution in [3.63, 3.8) is 0 Å². The topological polar surface area (TPSA) is 98.2 Å². The number of ketones is 1. The van der Waals surface area contributed by atoms with Gasteiger partial charge < -0.3 is 24.2 Å². The number of likely N-dealkylation sites (tertiary alicyclic amines) is 1. The van der Waals surface area contributed by atoms with Crippen molar-refractivity contribution in [2.45, 2.75) is 26.4 Å². The minimum Gasteiger partial charge on any atom is -0.507 e. The van der Waals surface area contributed by atoms with E-state index in [0.29, 0.717) is 29.6 Å². The zero-order valence-corrected chi connectivity index (χ0v) is 22.4. The maximum atomic E-state index is 13.5. The van der Waals surface area contributed by atoms with Crippen LogP contribution in [-0.2, 0) is 16.1 Å². The van der Waals surface area contributed by atoms with Crippen LogP contribution in [0.5, 0.6) is 17.2 Å². The number of aromatic nitrogens is 1. The number of hydrogen-bond acceptors (Lipinski definition) is 7. The minimum absolute atomic E-state index is 0.0791. The number of benzene rings is 2. The molecule has 1 fully saturated rings. The van der Waals surface area contributed by atoms with E-state index in [9.17, 15) is 14.7 Å². The standard InChI is InChI=1S/C29H29ClN2O6/c1-17(2)16-38-20-7-5-6-19(12-20)26-25(27(33)21-13-22(30)24(37-4)14-23(21)36-3)28(34)29(35)32(26)15-18-8-10-31-11-9-18/h5-14,17,26,33H,15-16H2,1-4H3/b27-25+. The van der Waals surface area contributed by atoms with Gasteiger partial charge in [0, 0.05) is 25.0 Å². The third kappa shape index (κ3) is 5.45. The molecule has 0 spiro atoms. The Morgan fingerprint density at radius 1 is 1.05 bits per heavy atom. The molecule has 1 N–H and O–H groups in total. The predicted molar refractivity (Wildman–Crippen MR) is 143 cm³/mol. The van der Waals surface area contributed by atoms with E-state index in [0.717, 1.165) is 5.56 Å². The van der Waals surface area contributed by atoms with Crippen LogP contribution < -0.4 is 14.2 Å². The Bertz CT molecular complexity index is 1370. The summed E-state index contributed by atoms with van der Waals surface area (Å²) >= 11 is 6.35. The molecule has 0 saturated carbocycles. The van der Waals surface area contributed by atoms with Gasteiger partial charge in [-0.25, -0.2) is 0 Å². The van der Waals surface area contributed by atoms with E-state index >= 15 is 0 Å². The molecule has 8 nitrogen and oxygen atoms in total. The van der Waals surface area contributed by atoms with E-state index < -0.39 is 23.5 Å². The van der Waals surface area contributed by atoms with Crippen molar-refractivity contribution >= 4 is 29.1 Å². The smallest absolute Gasteiger partial charge is 0.295 e. The Hall–Kier alpha value is -4.04. The molecule has 9 heteroatoms. The molecule has 198 valence electrons. The Balaban J connectivity index is 1.89. The fourth-order valence-corrected chi connectivity index (χ4v) is 4.54. The zero-order chi connectivity index (χ0) is 27.4. The number of amides is 1.